The molecule has 0 unspecified atom stereocenters. The van der Waals surface area contributed by atoms with Gasteiger partial charge in [-0.15, -0.1) is 0 Å². The van der Waals surface area contributed by atoms with Gasteiger partial charge in [-0.25, -0.2) is 9.97 Å². The minimum Gasteiger partial charge on any atom is -0.460 e. The van der Waals surface area contributed by atoms with Crippen LogP contribution in [-0.2, 0) is 13.0 Å². The zero-order valence-electron chi connectivity index (χ0n) is 15.9. The van der Waals surface area contributed by atoms with Gasteiger partial charge in [-0.1, -0.05) is 6.07 Å². The van der Waals surface area contributed by atoms with Gasteiger partial charge in [0, 0.05) is 23.3 Å². The number of anilines is 1. The summed E-state index contributed by atoms with van der Waals surface area (Å²) >= 11 is 0. The number of nitrogens with one attached hydrogen (secondary N) is 1. The number of rotatable bonds is 3. The van der Waals surface area contributed by atoms with Crippen LogP contribution in [0.3, 0.4) is 0 Å². The van der Waals surface area contributed by atoms with Crippen molar-refractivity contribution in [2.75, 3.05) is 11.9 Å². The number of hydrogen-bond donors (Lipinski definition) is 1. The average molecular weight is 380 g/mol. The van der Waals surface area contributed by atoms with E-state index in [1.807, 2.05) is 25.1 Å². The van der Waals surface area contributed by atoms with Crippen LogP contribution in [0.5, 0.6) is 0 Å². The van der Waals surface area contributed by atoms with Gasteiger partial charge in [0.2, 0.25) is 5.95 Å². The molecule has 7 heteroatoms. The summed E-state index contributed by atoms with van der Waals surface area (Å²) in [6.45, 7) is 4.69. The Morgan fingerprint density at radius 3 is 2.93 bits per heavy atom. The normalized spacial score (nSPS) is 17.5. The molecule has 0 spiro atoms. The van der Waals surface area contributed by atoms with Gasteiger partial charge in [-0.05, 0) is 45.2 Å². The highest BCUT2D eigenvalue weighted by Gasteiger charge is 2.38. The van der Waals surface area contributed by atoms with Crippen LogP contribution in [0.4, 0.5) is 10.1 Å². The van der Waals surface area contributed by atoms with E-state index in [0.29, 0.717) is 41.1 Å². The molecule has 1 fully saturated rings. The third-order valence-electron chi connectivity index (χ3n) is 5.78. The SMILES string of the molecule is Cc1oc2cccc(NC3(C)CC3)c2c1C(=O)N1CCc2c(F)ncnc2C1. The second kappa shape index (κ2) is 6.02. The molecule has 144 valence electrons. The Labute approximate surface area is 161 Å². The summed E-state index contributed by atoms with van der Waals surface area (Å²) in [5.41, 5.74) is 3.34. The van der Waals surface area contributed by atoms with E-state index >= 15 is 0 Å². The third-order valence-corrected chi connectivity index (χ3v) is 5.78. The molecule has 0 atom stereocenters. The van der Waals surface area contributed by atoms with Gasteiger partial charge in [-0.3, -0.25) is 4.79 Å². The van der Waals surface area contributed by atoms with Gasteiger partial charge in [0.25, 0.3) is 5.91 Å². The van der Waals surface area contributed by atoms with Gasteiger partial charge >= 0.3 is 0 Å². The van der Waals surface area contributed by atoms with Crippen molar-refractivity contribution in [1.82, 2.24) is 14.9 Å². The van der Waals surface area contributed by atoms with Crippen LogP contribution in [0.15, 0.2) is 28.9 Å². The first-order valence-corrected chi connectivity index (χ1v) is 9.53. The lowest BCUT2D eigenvalue weighted by molar-refractivity contribution is 0.0730. The molecule has 28 heavy (non-hydrogen) atoms. The molecule has 0 saturated heterocycles. The number of benzene rings is 1. The molecule has 2 aliphatic rings. The maximum Gasteiger partial charge on any atom is 0.258 e. The first-order valence-electron chi connectivity index (χ1n) is 9.53. The van der Waals surface area contributed by atoms with Crippen LogP contribution in [0.25, 0.3) is 11.0 Å². The Kier molecular flexibility index (Phi) is 3.69. The summed E-state index contributed by atoms with van der Waals surface area (Å²) in [6, 6.07) is 5.81. The van der Waals surface area contributed by atoms with Crippen molar-refractivity contribution >= 4 is 22.6 Å². The van der Waals surface area contributed by atoms with Gasteiger partial charge in [0.1, 0.15) is 17.7 Å². The Bertz CT molecular complexity index is 1100. The van der Waals surface area contributed by atoms with Crippen molar-refractivity contribution in [3.8, 4) is 0 Å². The Hall–Kier alpha value is -2.96. The summed E-state index contributed by atoms with van der Waals surface area (Å²) in [7, 11) is 0. The summed E-state index contributed by atoms with van der Waals surface area (Å²) in [5.74, 6) is -0.0165. The van der Waals surface area contributed by atoms with Crippen molar-refractivity contribution < 1.29 is 13.6 Å². The van der Waals surface area contributed by atoms with E-state index in [1.54, 1.807) is 4.90 Å². The van der Waals surface area contributed by atoms with E-state index < -0.39 is 5.95 Å². The molecule has 1 N–H and O–H groups in total. The lowest BCUT2D eigenvalue weighted by Gasteiger charge is -2.28. The molecule has 1 saturated carbocycles. The van der Waals surface area contributed by atoms with E-state index in [1.165, 1.54) is 6.33 Å². The zero-order chi connectivity index (χ0) is 19.5. The number of fused-ring (bicyclic) bond motifs is 2. The maximum absolute atomic E-state index is 13.9. The van der Waals surface area contributed by atoms with Crippen molar-refractivity contribution in [1.29, 1.82) is 0 Å². The molecule has 2 aromatic heterocycles. The molecule has 0 bridgehead atoms. The molecule has 1 aliphatic heterocycles. The summed E-state index contributed by atoms with van der Waals surface area (Å²) in [4.78, 5) is 22.9. The lowest BCUT2D eigenvalue weighted by Crippen LogP contribution is -2.37. The Balaban J connectivity index is 1.54. The standard InChI is InChI=1S/C21H21FN4O2/c1-12-17(18-14(25-21(2)7-8-21)4-3-5-16(18)28-12)20(27)26-9-6-13-15(10-26)23-11-24-19(13)22/h3-5,11,25H,6-10H2,1-2H3. The molecule has 6 nitrogen and oxygen atoms in total. The van der Waals surface area contributed by atoms with E-state index in [4.69, 9.17) is 4.42 Å². The van der Waals surface area contributed by atoms with Crippen LogP contribution in [0, 0.1) is 12.9 Å². The number of aromatic nitrogens is 2. The number of nitrogens with zero attached hydrogens (tertiary/aromatic N) is 3. The summed E-state index contributed by atoms with van der Waals surface area (Å²) in [6.07, 6.45) is 3.83. The highest BCUT2D eigenvalue weighted by atomic mass is 19.1. The summed E-state index contributed by atoms with van der Waals surface area (Å²) < 4.78 is 19.8. The van der Waals surface area contributed by atoms with Crippen molar-refractivity contribution in [3.63, 3.8) is 0 Å². The van der Waals surface area contributed by atoms with E-state index in [-0.39, 0.29) is 18.0 Å². The lowest BCUT2D eigenvalue weighted by atomic mass is 10.0. The molecular formula is C21H21FN4O2. The monoisotopic (exact) mass is 380 g/mol. The fourth-order valence-corrected chi connectivity index (χ4v) is 3.91. The average Bonchev–Trinajstić information content (AvgIpc) is 3.29. The predicted molar refractivity (Wildman–Crippen MR) is 103 cm³/mol. The third kappa shape index (κ3) is 2.73. The first kappa shape index (κ1) is 17.2. The highest BCUT2D eigenvalue weighted by Crippen LogP contribution is 2.41. The number of carbonyl (C=O) groups excluding carboxylic acids is 1. The molecule has 1 amide bonds. The fourth-order valence-electron chi connectivity index (χ4n) is 3.91. The van der Waals surface area contributed by atoms with Crippen LogP contribution in [0.1, 0.15) is 47.1 Å². The number of aryl methyl sites for hydroxylation is 1. The number of furan rings is 1. The number of hydrogen-bond acceptors (Lipinski definition) is 5. The van der Waals surface area contributed by atoms with Gasteiger partial charge < -0.3 is 14.6 Å². The highest BCUT2D eigenvalue weighted by molar-refractivity contribution is 6.11. The second-order valence-electron chi connectivity index (χ2n) is 7.96. The number of amides is 1. The van der Waals surface area contributed by atoms with Crippen molar-refractivity contribution in [2.24, 2.45) is 0 Å². The zero-order valence-corrected chi connectivity index (χ0v) is 15.9. The molecule has 3 aromatic rings. The van der Waals surface area contributed by atoms with Crippen LogP contribution in [0.2, 0.25) is 0 Å². The largest absolute Gasteiger partial charge is 0.460 e. The van der Waals surface area contributed by atoms with Gasteiger partial charge in [0.15, 0.2) is 0 Å². The molecule has 3 heterocycles. The van der Waals surface area contributed by atoms with Crippen LogP contribution in [-0.4, -0.2) is 32.9 Å². The molecule has 0 radical (unpaired) electrons. The Morgan fingerprint density at radius 2 is 2.14 bits per heavy atom. The molecule has 5 rings (SSSR count). The number of halogens is 1. The first-order chi connectivity index (χ1) is 13.5. The van der Waals surface area contributed by atoms with Crippen LogP contribution >= 0.6 is 0 Å². The minimum atomic E-state index is -0.494. The minimum absolute atomic E-state index is 0.0816. The van der Waals surface area contributed by atoms with Gasteiger partial charge in [0.05, 0.1) is 23.2 Å². The fraction of sp³-hybridized carbons (Fsp3) is 0.381. The topological polar surface area (TPSA) is 71.3 Å². The van der Waals surface area contributed by atoms with Crippen molar-refractivity contribution in [3.05, 3.63) is 53.1 Å². The van der Waals surface area contributed by atoms with Crippen molar-refractivity contribution in [2.45, 2.75) is 45.2 Å². The van der Waals surface area contributed by atoms with E-state index in [0.717, 1.165) is 23.9 Å². The Morgan fingerprint density at radius 1 is 1.32 bits per heavy atom. The van der Waals surface area contributed by atoms with E-state index in [9.17, 15) is 9.18 Å². The molecular weight excluding hydrogens is 359 g/mol. The maximum atomic E-state index is 13.9. The quantitative estimate of drug-likeness (QED) is 0.699. The molecule has 1 aromatic carbocycles. The van der Waals surface area contributed by atoms with Crippen LogP contribution < -0.4 is 5.32 Å². The predicted octanol–water partition coefficient (Wildman–Crippen LogP) is 3.83. The summed E-state index contributed by atoms with van der Waals surface area (Å²) in [5, 5.41) is 4.39. The van der Waals surface area contributed by atoms with E-state index in [2.05, 4.69) is 22.2 Å². The van der Waals surface area contributed by atoms with Gasteiger partial charge in [-0.2, -0.15) is 4.39 Å². The molecule has 1 aliphatic carbocycles. The smallest absolute Gasteiger partial charge is 0.258 e. The second-order valence-corrected chi connectivity index (χ2v) is 7.96. The number of carbonyl (C=O) groups is 1.